The van der Waals surface area contributed by atoms with Crippen molar-refractivity contribution in [3.8, 4) is 56.8 Å². The number of methoxy groups -OCH3 is 3. The van der Waals surface area contributed by atoms with E-state index in [1.165, 1.54) is 12.1 Å². The van der Waals surface area contributed by atoms with E-state index in [2.05, 4.69) is 0 Å². The molecule has 36 heavy (non-hydrogen) atoms. The van der Waals surface area contributed by atoms with Crippen molar-refractivity contribution in [2.24, 2.45) is 0 Å². The number of nitrogens with zero attached hydrogens (tertiary/aromatic N) is 2. The van der Waals surface area contributed by atoms with Crippen molar-refractivity contribution in [2.45, 2.75) is 0 Å². The zero-order valence-corrected chi connectivity index (χ0v) is 20.2. The largest absolute Gasteiger partial charge is 0.493 e. The van der Waals surface area contributed by atoms with Crippen molar-refractivity contribution in [3.05, 3.63) is 103 Å². The fourth-order valence-electron chi connectivity index (χ4n) is 4.33. The lowest BCUT2D eigenvalue weighted by atomic mass is 10.0. The zero-order valence-electron chi connectivity index (χ0n) is 20.2. The number of ether oxygens (including phenoxy) is 3. The van der Waals surface area contributed by atoms with Gasteiger partial charge in [0.05, 0.1) is 32.7 Å². The second-order valence-electron chi connectivity index (χ2n) is 8.09. The maximum Gasteiger partial charge on any atom is 0.203 e. The molecule has 1 aromatic heterocycles. The first-order chi connectivity index (χ1) is 17.6. The van der Waals surface area contributed by atoms with Gasteiger partial charge in [0.1, 0.15) is 11.6 Å². The summed E-state index contributed by atoms with van der Waals surface area (Å²) in [4.78, 5) is 5.15. The molecule has 0 aliphatic rings. The van der Waals surface area contributed by atoms with E-state index in [1.54, 1.807) is 33.5 Å². The van der Waals surface area contributed by atoms with Crippen molar-refractivity contribution >= 4 is 0 Å². The predicted octanol–water partition coefficient (Wildman–Crippen LogP) is 7.04. The van der Waals surface area contributed by atoms with Crippen LogP contribution in [0.1, 0.15) is 0 Å². The molecule has 0 radical (unpaired) electrons. The number of halogens is 1. The normalized spacial score (nSPS) is 10.8. The van der Waals surface area contributed by atoms with Gasteiger partial charge in [-0.3, -0.25) is 4.57 Å². The molecule has 0 aliphatic carbocycles. The van der Waals surface area contributed by atoms with Gasteiger partial charge in [-0.15, -0.1) is 0 Å². The molecular formula is C30H25FN2O3. The quantitative estimate of drug-likeness (QED) is 0.251. The lowest BCUT2D eigenvalue weighted by molar-refractivity contribution is 0.324. The van der Waals surface area contributed by atoms with Crippen LogP contribution in [0, 0.1) is 5.82 Å². The van der Waals surface area contributed by atoms with Crippen molar-refractivity contribution in [2.75, 3.05) is 21.3 Å². The van der Waals surface area contributed by atoms with Crippen LogP contribution in [-0.2, 0) is 0 Å². The van der Waals surface area contributed by atoms with Gasteiger partial charge in [-0.25, -0.2) is 9.37 Å². The van der Waals surface area contributed by atoms with Gasteiger partial charge >= 0.3 is 0 Å². The topological polar surface area (TPSA) is 45.5 Å². The predicted molar refractivity (Wildman–Crippen MR) is 139 cm³/mol. The Kier molecular flexibility index (Phi) is 6.41. The molecule has 180 valence electrons. The highest BCUT2D eigenvalue weighted by atomic mass is 19.1. The summed E-state index contributed by atoms with van der Waals surface area (Å²) in [6.07, 6.45) is 0. The summed E-state index contributed by atoms with van der Waals surface area (Å²) in [5.74, 6) is 1.87. The van der Waals surface area contributed by atoms with Crippen LogP contribution in [0.5, 0.6) is 17.2 Å². The van der Waals surface area contributed by atoms with Crippen molar-refractivity contribution in [3.63, 3.8) is 0 Å². The molecule has 1 heterocycles. The molecule has 0 fully saturated rings. The van der Waals surface area contributed by atoms with Crippen LogP contribution in [-0.4, -0.2) is 30.9 Å². The lowest BCUT2D eigenvalue weighted by Gasteiger charge is -2.16. The highest BCUT2D eigenvalue weighted by molar-refractivity contribution is 5.84. The highest BCUT2D eigenvalue weighted by Gasteiger charge is 2.24. The molecule has 0 saturated heterocycles. The summed E-state index contributed by atoms with van der Waals surface area (Å²) in [7, 11) is 4.73. The fraction of sp³-hybridized carbons (Fsp3) is 0.100. The van der Waals surface area contributed by atoms with E-state index in [-0.39, 0.29) is 5.82 Å². The Bertz CT molecular complexity index is 1460. The number of aromatic nitrogens is 2. The fourth-order valence-corrected chi connectivity index (χ4v) is 4.33. The number of hydrogen-bond donors (Lipinski definition) is 0. The number of benzene rings is 4. The molecule has 5 nitrogen and oxygen atoms in total. The second kappa shape index (κ2) is 9.96. The first-order valence-electron chi connectivity index (χ1n) is 11.4. The van der Waals surface area contributed by atoms with Crippen LogP contribution in [0.4, 0.5) is 4.39 Å². The molecule has 0 unspecified atom stereocenters. The van der Waals surface area contributed by atoms with Crippen molar-refractivity contribution in [1.82, 2.24) is 9.55 Å². The average Bonchev–Trinajstić information content (AvgIpc) is 3.34. The summed E-state index contributed by atoms with van der Waals surface area (Å²) < 4.78 is 32.7. The minimum Gasteiger partial charge on any atom is -0.493 e. The van der Waals surface area contributed by atoms with Gasteiger partial charge in [0.25, 0.3) is 0 Å². The molecule has 5 aromatic rings. The number of hydrogen-bond acceptors (Lipinski definition) is 4. The SMILES string of the molecule is COc1cc(-c2nc(-c3ccccc3)c(-c3ccccc3)n2-c2ccc(F)cc2)cc(OC)c1OC. The summed E-state index contributed by atoms with van der Waals surface area (Å²) >= 11 is 0. The van der Waals surface area contributed by atoms with E-state index in [9.17, 15) is 4.39 Å². The second-order valence-corrected chi connectivity index (χ2v) is 8.09. The molecule has 0 bridgehead atoms. The van der Waals surface area contributed by atoms with Crippen LogP contribution in [0.25, 0.3) is 39.6 Å². The minimum absolute atomic E-state index is 0.308. The molecule has 0 spiro atoms. The Morgan fingerprint density at radius 1 is 0.639 bits per heavy atom. The summed E-state index contributed by atoms with van der Waals surface area (Å²) in [6, 6.07) is 30.2. The maximum atomic E-state index is 13.9. The van der Waals surface area contributed by atoms with E-state index in [1.807, 2.05) is 77.4 Å². The molecule has 0 atom stereocenters. The monoisotopic (exact) mass is 480 g/mol. The van der Waals surface area contributed by atoms with Crippen LogP contribution in [0.15, 0.2) is 97.1 Å². The molecule has 0 amide bonds. The molecule has 0 saturated carbocycles. The third-order valence-corrected chi connectivity index (χ3v) is 5.98. The summed E-state index contributed by atoms with van der Waals surface area (Å²) in [5.41, 5.74) is 5.16. The number of imidazole rings is 1. The molecule has 5 rings (SSSR count). The van der Waals surface area contributed by atoms with Gasteiger partial charge in [0.2, 0.25) is 5.75 Å². The first-order valence-corrected chi connectivity index (χ1v) is 11.4. The Hall–Kier alpha value is -4.58. The standard InChI is InChI=1S/C30H25FN2O3/c1-34-25-18-22(19-26(35-2)29(25)36-3)30-32-27(20-10-6-4-7-11-20)28(21-12-8-5-9-13-21)33(30)24-16-14-23(31)15-17-24/h4-19H,1-3H3. The van der Waals surface area contributed by atoms with Gasteiger partial charge in [-0.05, 0) is 36.4 Å². The van der Waals surface area contributed by atoms with Gasteiger partial charge in [-0.1, -0.05) is 60.7 Å². The Labute approximate surface area is 209 Å². The van der Waals surface area contributed by atoms with E-state index >= 15 is 0 Å². The van der Waals surface area contributed by atoms with Crippen molar-refractivity contribution < 1.29 is 18.6 Å². The third-order valence-electron chi connectivity index (χ3n) is 5.98. The summed E-state index contributed by atoms with van der Waals surface area (Å²) in [5, 5.41) is 0. The molecule has 4 aromatic carbocycles. The van der Waals surface area contributed by atoms with E-state index < -0.39 is 0 Å². The maximum absolute atomic E-state index is 13.9. The van der Waals surface area contributed by atoms with Crippen LogP contribution >= 0.6 is 0 Å². The Morgan fingerprint density at radius 2 is 1.19 bits per heavy atom. The minimum atomic E-state index is -0.308. The van der Waals surface area contributed by atoms with Crippen LogP contribution < -0.4 is 14.2 Å². The van der Waals surface area contributed by atoms with Gasteiger partial charge < -0.3 is 14.2 Å². The Balaban J connectivity index is 1.89. The molecular weight excluding hydrogens is 455 g/mol. The summed E-state index contributed by atoms with van der Waals surface area (Å²) in [6.45, 7) is 0. The lowest BCUT2D eigenvalue weighted by Crippen LogP contribution is -2.02. The Morgan fingerprint density at radius 3 is 1.72 bits per heavy atom. The highest BCUT2D eigenvalue weighted by Crippen LogP contribution is 2.44. The van der Waals surface area contributed by atoms with E-state index in [4.69, 9.17) is 19.2 Å². The molecule has 0 N–H and O–H groups in total. The van der Waals surface area contributed by atoms with Crippen LogP contribution in [0.2, 0.25) is 0 Å². The van der Waals surface area contributed by atoms with E-state index in [0.717, 1.165) is 33.8 Å². The smallest absolute Gasteiger partial charge is 0.203 e. The average molecular weight is 481 g/mol. The first kappa shape index (κ1) is 23.2. The molecule has 0 aliphatic heterocycles. The third kappa shape index (κ3) is 4.18. The number of rotatable bonds is 7. The molecule has 6 heteroatoms. The van der Waals surface area contributed by atoms with Crippen LogP contribution in [0.3, 0.4) is 0 Å². The van der Waals surface area contributed by atoms with E-state index in [0.29, 0.717) is 23.1 Å². The zero-order chi connectivity index (χ0) is 25.1. The van der Waals surface area contributed by atoms with Gasteiger partial charge in [0, 0.05) is 22.4 Å². The van der Waals surface area contributed by atoms with Gasteiger partial charge in [-0.2, -0.15) is 0 Å². The van der Waals surface area contributed by atoms with Gasteiger partial charge in [0.15, 0.2) is 11.5 Å². The van der Waals surface area contributed by atoms with Crippen molar-refractivity contribution in [1.29, 1.82) is 0 Å².